The Bertz CT molecular complexity index is 2490. The molecule has 2 saturated heterocycles. The number of carbonyl (C=O) groups excluding carboxylic acids is 6. The second-order valence-electron chi connectivity index (χ2n) is 17.1. The lowest BCUT2D eigenvalue weighted by atomic mass is 9.86. The maximum absolute atomic E-state index is 16.3. The maximum Gasteiger partial charge on any atom is 0.413 e. The zero-order chi connectivity index (χ0) is 51.1. The number of likely N-dealkylation sites (N-methyl/N-ethyl adjacent to an activating group) is 1. The predicted octanol–water partition coefficient (Wildman–Crippen LogP) is 6.72. The highest BCUT2D eigenvalue weighted by Gasteiger charge is 2.90. The van der Waals surface area contributed by atoms with E-state index >= 15 is 8.78 Å². The first-order valence-electron chi connectivity index (χ1n) is 21.9. The molecule has 6 aliphatic rings. The number of carbonyl (C=O) groups is 7. The highest BCUT2D eigenvalue weighted by atomic mass is 35.5. The average molecular weight is 1060 g/mol. The van der Waals surface area contributed by atoms with Gasteiger partial charge < -0.3 is 43.2 Å². The molecule has 2 spiro atoms. The van der Waals surface area contributed by atoms with Crippen LogP contribution < -0.4 is 0 Å². The van der Waals surface area contributed by atoms with Gasteiger partial charge in [-0.05, 0) is 62.1 Å². The molecule has 0 aromatic heterocycles. The molecule has 6 fully saturated rings. The van der Waals surface area contributed by atoms with Gasteiger partial charge in [-0.15, -0.1) is 0 Å². The number of hydrogen-bond acceptors (Lipinski definition) is 14. The number of esters is 3. The number of cyclic esters (lactones) is 2. The number of aliphatic carboxylic acids is 1. The molecule has 10 atom stereocenters. The van der Waals surface area contributed by atoms with Crippen molar-refractivity contribution >= 4 is 88.4 Å². The summed E-state index contributed by atoms with van der Waals surface area (Å²) < 4.78 is 69.0. The van der Waals surface area contributed by atoms with E-state index in [9.17, 15) is 38.7 Å². The molecule has 3 amide bonds. The van der Waals surface area contributed by atoms with Crippen molar-refractivity contribution in [2.24, 2.45) is 23.7 Å². The Morgan fingerprint density at radius 3 is 1.56 bits per heavy atom. The van der Waals surface area contributed by atoms with Gasteiger partial charge in [0.25, 0.3) is 5.91 Å². The summed E-state index contributed by atoms with van der Waals surface area (Å²) in [6.45, 7) is 9.20. The summed E-state index contributed by atoms with van der Waals surface area (Å²) in [6, 6.07) is 9.64. The summed E-state index contributed by atoms with van der Waals surface area (Å²) in [7, 11) is 0. The van der Waals surface area contributed by atoms with Gasteiger partial charge in [0.15, 0.2) is 31.1 Å². The molecule has 2 aromatic rings. The number of fused-ring (bicyclic) bond motifs is 4. The third-order valence-electron chi connectivity index (χ3n) is 13.7. The smallest absolute Gasteiger partial charge is 0.413 e. The third-order valence-corrected chi connectivity index (χ3v) is 15.2. The minimum absolute atomic E-state index is 0.0298. The average Bonchev–Trinajstić information content (AvgIpc) is 3.71. The summed E-state index contributed by atoms with van der Waals surface area (Å²) in [5.41, 5.74) is -7.99. The monoisotopic (exact) mass is 1060 g/mol. The Morgan fingerprint density at radius 2 is 1.16 bits per heavy atom. The lowest BCUT2D eigenvalue weighted by Crippen LogP contribution is -2.62. The lowest BCUT2D eigenvalue weighted by molar-refractivity contribution is -0.164. The van der Waals surface area contributed by atoms with E-state index in [1.54, 1.807) is 50.2 Å². The van der Waals surface area contributed by atoms with Crippen LogP contribution in [0.3, 0.4) is 0 Å². The molecule has 0 unspecified atom stereocenters. The first-order chi connectivity index (χ1) is 33.2. The van der Waals surface area contributed by atoms with E-state index in [-0.39, 0.29) is 39.3 Å². The van der Waals surface area contributed by atoms with E-state index in [4.69, 9.17) is 79.6 Å². The summed E-state index contributed by atoms with van der Waals surface area (Å²) in [5, 5.41) is 10.7. The van der Waals surface area contributed by atoms with E-state index in [2.05, 4.69) is 13.2 Å². The Kier molecular flexibility index (Phi) is 15.4. The van der Waals surface area contributed by atoms with Crippen molar-refractivity contribution in [1.29, 1.82) is 0 Å². The number of halogens is 6. The van der Waals surface area contributed by atoms with E-state index in [0.29, 0.717) is 44.3 Å². The normalized spacial score (nSPS) is 30.6. The van der Waals surface area contributed by atoms with Gasteiger partial charge in [-0.25, -0.2) is 37.5 Å². The van der Waals surface area contributed by atoms with Crippen LogP contribution in [-0.4, -0.2) is 143 Å². The van der Waals surface area contributed by atoms with E-state index < -0.39 is 120 Å². The summed E-state index contributed by atoms with van der Waals surface area (Å²) >= 11 is 24.0. The Hall–Kier alpha value is -5.25. The molecule has 4 aliphatic carbocycles. The van der Waals surface area contributed by atoms with Gasteiger partial charge in [0.2, 0.25) is 11.3 Å². The zero-order valence-corrected chi connectivity index (χ0v) is 40.6. The van der Waals surface area contributed by atoms with Crippen LogP contribution in [0.25, 0.3) is 0 Å². The fraction of sp³-hybridized carbons (Fsp3) is 0.500. The molecule has 0 radical (unpaired) electrons. The van der Waals surface area contributed by atoms with Crippen LogP contribution in [-0.2, 0) is 70.3 Å². The van der Waals surface area contributed by atoms with Crippen LogP contribution in [0.4, 0.5) is 18.4 Å². The van der Waals surface area contributed by atoms with Crippen molar-refractivity contribution in [3.05, 3.63) is 92.9 Å². The molecule has 8 rings (SSSR count). The van der Waals surface area contributed by atoms with E-state index in [1.807, 2.05) is 0 Å². The number of alkyl halides is 2. The molecule has 0 bridgehead atoms. The second-order valence-corrected chi connectivity index (χ2v) is 18.7. The van der Waals surface area contributed by atoms with Crippen LogP contribution in [0.5, 0.6) is 0 Å². The quantitative estimate of drug-likeness (QED) is 0.105. The van der Waals surface area contributed by atoms with Crippen LogP contribution >= 0.6 is 46.4 Å². The van der Waals surface area contributed by atoms with Crippen LogP contribution in [0.2, 0.25) is 20.1 Å². The van der Waals surface area contributed by atoms with Gasteiger partial charge >= 0.3 is 36.1 Å². The van der Waals surface area contributed by atoms with Gasteiger partial charge in [-0.1, -0.05) is 83.8 Å². The zero-order valence-electron chi connectivity index (χ0n) is 37.5. The third kappa shape index (κ3) is 8.71. The molecule has 378 valence electrons. The van der Waals surface area contributed by atoms with Crippen LogP contribution in [0, 0.1) is 23.7 Å². The molecular weight excluding hydrogens is 1010 g/mol. The molecule has 2 aliphatic heterocycles. The molecule has 2 aromatic carbocycles. The SMILES string of the molecule is C=CCOC(=O)N1COC(=O)[C@@]12[C@H](OCc1ccc(Cl)c(Cl)c1)C[C@@H]1[C@H]2[C@@]1(F)C(=O)O.C=CCOC(=O)N1COC(=O)[C@@]12[C@H](OCc1ccc(Cl)c(Cl)c1)C[C@@H]1[C@H]2[C@@]1(F)C(=O)OCC(=O)N(CC)CC. The number of nitrogens with zero attached hydrogens (tertiary/aromatic N) is 3. The fourth-order valence-corrected chi connectivity index (χ4v) is 11.0. The van der Waals surface area contributed by atoms with E-state index in [1.165, 1.54) is 17.1 Å². The molecule has 70 heavy (non-hydrogen) atoms. The topological polar surface area (TPSA) is 214 Å². The van der Waals surface area contributed by atoms with Gasteiger partial charge in [-0.2, -0.15) is 0 Å². The first kappa shape index (κ1) is 52.6. The summed E-state index contributed by atoms with van der Waals surface area (Å²) in [5.74, 6) is -9.96. The fourth-order valence-electron chi connectivity index (χ4n) is 10.4. The van der Waals surface area contributed by atoms with Crippen LogP contribution in [0.15, 0.2) is 61.7 Å². The number of hydrogen-bond donors (Lipinski definition) is 1. The number of carboxylic acids is 1. The van der Waals surface area contributed by atoms with Crippen molar-refractivity contribution in [1.82, 2.24) is 14.7 Å². The van der Waals surface area contributed by atoms with Crippen molar-refractivity contribution in [2.75, 3.05) is 46.4 Å². The van der Waals surface area contributed by atoms with Crippen LogP contribution in [0.1, 0.15) is 37.8 Å². The number of benzene rings is 2. The minimum Gasteiger partial charge on any atom is -0.479 e. The number of amides is 3. The molecule has 1 N–H and O–H groups in total. The van der Waals surface area contributed by atoms with Crippen molar-refractivity contribution in [3.8, 4) is 0 Å². The highest BCUT2D eigenvalue weighted by molar-refractivity contribution is 6.42. The molecule has 4 saturated carbocycles. The van der Waals surface area contributed by atoms with Crippen molar-refractivity contribution in [2.45, 2.75) is 74.5 Å². The Labute approximate surface area is 419 Å². The number of carboxylic acid groups (broad SMARTS) is 1. The Morgan fingerprint density at radius 1 is 0.729 bits per heavy atom. The molecular formula is C46H47Cl4F2N3O15. The highest BCUT2D eigenvalue weighted by Crippen LogP contribution is 2.72. The minimum atomic E-state index is -2.66. The van der Waals surface area contributed by atoms with Gasteiger partial charge in [0.05, 0.1) is 45.5 Å². The predicted molar refractivity (Wildman–Crippen MR) is 242 cm³/mol. The number of rotatable bonds is 16. The van der Waals surface area contributed by atoms with Gasteiger partial charge in [0.1, 0.15) is 13.2 Å². The second kappa shape index (κ2) is 20.5. The molecule has 18 nitrogen and oxygen atoms in total. The molecule has 2 heterocycles. The first-order valence-corrected chi connectivity index (χ1v) is 23.4. The Balaban J connectivity index is 0.000000212. The van der Waals surface area contributed by atoms with Gasteiger partial charge in [0, 0.05) is 36.8 Å². The summed E-state index contributed by atoms with van der Waals surface area (Å²) in [6.07, 6.45) is -1.48. The van der Waals surface area contributed by atoms with Crippen molar-refractivity contribution in [3.63, 3.8) is 0 Å². The summed E-state index contributed by atoms with van der Waals surface area (Å²) in [4.78, 5) is 92.0. The largest absolute Gasteiger partial charge is 0.479 e. The van der Waals surface area contributed by atoms with Crippen molar-refractivity contribution < 1.29 is 80.6 Å². The lowest BCUT2D eigenvalue weighted by Gasteiger charge is -2.37. The number of ether oxygens (including phenoxy) is 7. The van der Waals surface area contributed by atoms with Gasteiger partial charge in [-0.3, -0.25) is 14.6 Å². The standard InChI is InChI=1S/C26H29Cl2FN2O8.C20H18Cl2FNO7/c1-4-9-36-24(35)31-14-39-23(34)26(31)19(37-12-15-7-8-17(27)18(28)10-15)11-16-21(26)25(16,29)22(33)38-13-20(32)30(5-2)6-3;1-2-5-29-18(28)24-9-31-17(27)20(24)14(7-11-15(20)19(11,23)16(25)26)30-8-10-3-4-12(21)13(22)6-10/h4,7-8,10,16,19,21H,1,5-6,9,11-14H2,2-3H3;2-4,6,11,14-15H,1,5,7-9H2,(H,25,26)/t16-,19-,21+,25-,26+;11-,14-,15+,19-,20+/m11/s1. The van der Waals surface area contributed by atoms with E-state index in [0.717, 1.165) is 9.80 Å². The maximum atomic E-state index is 16.3. The molecule has 24 heteroatoms.